The molecule has 0 aliphatic heterocycles. The summed E-state index contributed by atoms with van der Waals surface area (Å²) >= 11 is 19.9. The number of benzene rings is 2. The molecule has 0 aliphatic carbocycles. The van der Waals surface area contributed by atoms with Gasteiger partial charge in [0, 0.05) is 5.02 Å². The van der Waals surface area contributed by atoms with E-state index < -0.39 is 0 Å². The molecule has 1 heterocycles. The zero-order valence-electron chi connectivity index (χ0n) is 10.4. The Morgan fingerprint density at radius 3 is 2.45 bits per heavy atom. The molecule has 1 aromatic heterocycles. The van der Waals surface area contributed by atoms with E-state index in [9.17, 15) is 0 Å². The summed E-state index contributed by atoms with van der Waals surface area (Å²) < 4.78 is 1.01. The lowest BCUT2D eigenvalue weighted by Gasteiger charge is -2.08. The van der Waals surface area contributed by atoms with Crippen LogP contribution < -0.4 is 5.32 Å². The second kappa shape index (κ2) is 5.41. The highest BCUT2D eigenvalue weighted by atomic mass is 35.5. The minimum absolute atomic E-state index is 0.576. The van der Waals surface area contributed by atoms with Crippen LogP contribution in [0.3, 0.4) is 0 Å². The number of nitrogens with one attached hydrogen (secondary N) is 1. The molecular formula is C14H9Cl3N2S. The number of rotatable bonds is 2. The van der Waals surface area contributed by atoms with Gasteiger partial charge in [0.25, 0.3) is 0 Å². The SMILES string of the molecule is Cc1cc(Cl)c(Nc2nc3ccc(Cl)cc3s2)c(Cl)c1. The van der Waals surface area contributed by atoms with Gasteiger partial charge in [-0.15, -0.1) is 0 Å². The number of halogens is 3. The van der Waals surface area contributed by atoms with E-state index in [1.54, 1.807) is 0 Å². The van der Waals surface area contributed by atoms with E-state index in [2.05, 4.69) is 10.3 Å². The van der Waals surface area contributed by atoms with Crippen LogP contribution in [0.5, 0.6) is 0 Å². The highest BCUT2D eigenvalue weighted by Crippen LogP contribution is 2.36. The predicted molar refractivity (Wildman–Crippen MR) is 89.1 cm³/mol. The van der Waals surface area contributed by atoms with Gasteiger partial charge in [0.05, 0.1) is 25.9 Å². The monoisotopic (exact) mass is 342 g/mol. The topological polar surface area (TPSA) is 24.9 Å². The molecule has 0 fully saturated rings. The molecule has 102 valence electrons. The number of anilines is 2. The average molecular weight is 344 g/mol. The molecule has 1 N–H and O–H groups in total. The molecule has 0 unspecified atom stereocenters. The molecule has 0 amide bonds. The molecule has 0 aliphatic rings. The molecule has 20 heavy (non-hydrogen) atoms. The van der Waals surface area contributed by atoms with Crippen molar-refractivity contribution in [3.05, 3.63) is 51.0 Å². The lowest BCUT2D eigenvalue weighted by atomic mass is 10.2. The Hall–Kier alpha value is -1.000. The van der Waals surface area contributed by atoms with E-state index in [0.29, 0.717) is 20.8 Å². The van der Waals surface area contributed by atoms with Crippen molar-refractivity contribution in [2.24, 2.45) is 0 Å². The van der Waals surface area contributed by atoms with Crippen LogP contribution >= 0.6 is 46.1 Å². The van der Waals surface area contributed by atoms with Crippen LogP contribution in [-0.2, 0) is 0 Å². The van der Waals surface area contributed by atoms with E-state index in [4.69, 9.17) is 34.8 Å². The first kappa shape index (κ1) is 14.0. The molecule has 0 radical (unpaired) electrons. The largest absolute Gasteiger partial charge is 0.329 e. The summed E-state index contributed by atoms with van der Waals surface area (Å²) in [6.45, 7) is 1.95. The number of thiazole rings is 1. The van der Waals surface area contributed by atoms with Crippen molar-refractivity contribution in [1.82, 2.24) is 4.98 Å². The fourth-order valence-electron chi connectivity index (χ4n) is 1.88. The fourth-order valence-corrected chi connectivity index (χ4v) is 3.72. The van der Waals surface area contributed by atoms with E-state index in [0.717, 1.165) is 20.9 Å². The Labute approximate surface area is 135 Å². The van der Waals surface area contributed by atoms with Gasteiger partial charge in [-0.25, -0.2) is 4.98 Å². The average Bonchev–Trinajstić information content (AvgIpc) is 2.75. The highest BCUT2D eigenvalue weighted by molar-refractivity contribution is 7.22. The quantitative estimate of drug-likeness (QED) is 0.590. The molecule has 0 atom stereocenters. The molecule has 0 bridgehead atoms. The summed E-state index contributed by atoms with van der Waals surface area (Å²) in [4.78, 5) is 4.49. The van der Waals surface area contributed by atoms with Gasteiger partial charge in [0.2, 0.25) is 0 Å². The molecule has 2 nitrogen and oxygen atoms in total. The second-order valence-corrected chi connectivity index (χ2v) is 6.64. The summed E-state index contributed by atoms with van der Waals surface area (Å²) in [5, 5.41) is 5.75. The molecule has 3 aromatic rings. The third kappa shape index (κ3) is 2.72. The molecule has 2 aromatic carbocycles. The normalized spacial score (nSPS) is 11.0. The zero-order valence-corrected chi connectivity index (χ0v) is 13.5. The Kier molecular flexibility index (Phi) is 3.78. The smallest absolute Gasteiger partial charge is 0.188 e. The maximum atomic E-state index is 6.22. The highest BCUT2D eigenvalue weighted by Gasteiger charge is 2.10. The first-order valence-corrected chi connectivity index (χ1v) is 7.77. The van der Waals surface area contributed by atoms with Crippen LogP contribution in [0.25, 0.3) is 10.2 Å². The number of aromatic nitrogens is 1. The first-order valence-electron chi connectivity index (χ1n) is 5.82. The van der Waals surface area contributed by atoms with Gasteiger partial charge >= 0.3 is 0 Å². The maximum absolute atomic E-state index is 6.22. The fraction of sp³-hybridized carbons (Fsp3) is 0.0714. The van der Waals surface area contributed by atoms with Crippen molar-refractivity contribution in [2.75, 3.05) is 5.32 Å². The van der Waals surface area contributed by atoms with Crippen molar-refractivity contribution in [3.63, 3.8) is 0 Å². The number of aryl methyl sites for hydroxylation is 1. The molecule has 0 saturated carbocycles. The van der Waals surface area contributed by atoms with Gasteiger partial charge < -0.3 is 5.32 Å². The summed E-state index contributed by atoms with van der Waals surface area (Å²) in [5.41, 5.74) is 2.58. The van der Waals surface area contributed by atoms with Crippen molar-refractivity contribution in [1.29, 1.82) is 0 Å². The van der Waals surface area contributed by atoms with Gasteiger partial charge in [0.15, 0.2) is 5.13 Å². The Balaban J connectivity index is 2.01. The lowest BCUT2D eigenvalue weighted by Crippen LogP contribution is -1.92. The Morgan fingerprint density at radius 2 is 1.75 bits per heavy atom. The van der Waals surface area contributed by atoms with Crippen molar-refractivity contribution in [3.8, 4) is 0 Å². The van der Waals surface area contributed by atoms with Gasteiger partial charge in [-0.2, -0.15) is 0 Å². The van der Waals surface area contributed by atoms with E-state index in [1.165, 1.54) is 11.3 Å². The second-order valence-electron chi connectivity index (χ2n) is 4.36. The van der Waals surface area contributed by atoms with Gasteiger partial charge in [-0.05, 0) is 42.8 Å². The van der Waals surface area contributed by atoms with Crippen LogP contribution in [-0.4, -0.2) is 4.98 Å². The minimum Gasteiger partial charge on any atom is -0.329 e. The van der Waals surface area contributed by atoms with Gasteiger partial charge in [-0.3, -0.25) is 0 Å². The van der Waals surface area contributed by atoms with Gasteiger partial charge in [-0.1, -0.05) is 46.1 Å². The molecule has 0 spiro atoms. The van der Waals surface area contributed by atoms with Crippen molar-refractivity contribution < 1.29 is 0 Å². The van der Waals surface area contributed by atoms with E-state index >= 15 is 0 Å². The van der Waals surface area contributed by atoms with Crippen LogP contribution in [0.2, 0.25) is 15.1 Å². The summed E-state index contributed by atoms with van der Waals surface area (Å²) in [6.07, 6.45) is 0. The number of nitrogens with zero attached hydrogens (tertiary/aromatic N) is 1. The predicted octanol–water partition coefficient (Wildman–Crippen LogP) is 6.31. The summed E-state index contributed by atoms with van der Waals surface area (Å²) in [7, 11) is 0. The number of hydrogen-bond acceptors (Lipinski definition) is 3. The third-order valence-corrected chi connectivity index (χ3v) is 4.53. The van der Waals surface area contributed by atoms with Crippen molar-refractivity contribution >= 4 is 67.2 Å². The third-order valence-electron chi connectivity index (χ3n) is 2.77. The molecular weight excluding hydrogens is 335 g/mol. The van der Waals surface area contributed by atoms with Crippen molar-refractivity contribution in [2.45, 2.75) is 6.92 Å². The van der Waals surface area contributed by atoms with Crippen LogP contribution in [0, 0.1) is 6.92 Å². The zero-order chi connectivity index (χ0) is 14.3. The Bertz CT molecular complexity index is 775. The molecule has 6 heteroatoms. The maximum Gasteiger partial charge on any atom is 0.188 e. The summed E-state index contributed by atoms with van der Waals surface area (Å²) in [5.74, 6) is 0. The van der Waals surface area contributed by atoms with Crippen LogP contribution in [0.1, 0.15) is 5.56 Å². The summed E-state index contributed by atoms with van der Waals surface area (Å²) in [6, 6.07) is 9.31. The first-order chi connectivity index (χ1) is 9.52. The van der Waals surface area contributed by atoms with Crippen LogP contribution in [0.15, 0.2) is 30.3 Å². The van der Waals surface area contributed by atoms with E-state index in [1.807, 2.05) is 37.3 Å². The number of fused-ring (bicyclic) bond motifs is 1. The van der Waals surface area contributed by atoms with Gasteiger partial charge in [0.1, 0.15) is 0 Å². The van der Waals surface area contributed by atoms with Crippen LogP contribution in [0.4, 0.5) is 10.8 Å². The standard InChI is InChI=1S/C14H9Cl3N2S/c1-7-4-9(16)13(10(17)5-7)19-14-18-11-3-2-8(15)6-12(11)20-14/h2-6H,1H3,(H,18,19). The lowest BCUT2D eigenvalue weighted by molar-refractivity contribution is 1.42. The molecule has 0 saturated heterocycles. The number of hydrogen-bond donors (Lipinski definition) is 1. The minimum atomic E-state index is 0.576. The Morgan fingerprint density at radius 1 is 1.05 bits per heavy atom. The van der Waals surface area contributed by atoms with E-state index in [-0.39, 0.29) is 0 Å². The molecule has 3 rings (SSSR count).